The first-order valence-electron chi connectivity index (χ1n) is 8.31. The molecule has 0 bridgehead atoms. The fourth-order valence-corrected chi connectivity index (χ4v) is 2.85. The zero-order chi connectivity index (χ0) is 19.4. The third-order valence-electron chi connectivity index (χ3n) is 4.30. The van der Waals surface area contributed by atoms with Gasteiger partial charge in [-0.15, -0.1) is 0 Å². The van der Waals surface area contributed by atoms with Gasteiger partial charge in [-0.25, -0.2) is 9.37 Å². The second kappa shape index (κ2) is 7.51. The SMILES string of the molecule is C[C@@]1(c2cc(NC(=O)c3ccc(C#N)cn3)ccc2F)CCOCC(N)=N1. The number of amidine groups is 1. The van der Waals surface area contributed by atoms with E-state index in [0.29, 0.717) is 35.7 Å². The third kappa shape index (κ3) is 4.10. The monoisotopic (exact) mass is 367 g/mol. The number of halogens is 1. The molecule has 1 aliphatic heterocycles. The average Bonchev–Trinajstić information content (AvgIpc) is 2.84. The normalized spacial score (nSPS) is 19.5. The van der Waals surface area contributed by atoms with Crippen LogP contribution in [0.5, 0.6) is 0 Å². The number of benzene rings is 1. The fraction of sp³-hybridized carbons (Fsp3) is 0.263. The Hall–Kier alpha value is -3.31. The zero-order valence-electron chi connectivity index (χ0n) is 14.7. The number of hydrogen-bond donors (Lipinski definition) is 2. The second-order valence-corrected chi connectivity index (χ2v) is 6.37. The maximum absolute atomic E-state index is 14.5. The van der Waals surface area contributed by atoms with Gasteiger partial charge in [0.25, 0.3) is 5.91 Å². The summed E-state index contributed by atoms with van der Waals surface area (Å²) in [7, 11) is 0. The molecule has 138 valence electrons. The predicted octanol–water partition coefficient (Wildman–Crippen LogP) is 2.34. The minimum absolute atomic E-state index is 0.149. The summed E-state index contributed by atoms with van der Waals surface area (Å²) in [5.74, 6) is -0.606. The number of ether oxygens (including phenoxy) is 1. The van der Waals surface area contributed by atoms with Gasteiger partial charge in [-0.3, -0.25) is 9.79 Å². The lowest BCUT2D eigenvalue weighted by Gasteiger charge is -2.25. The minimum Gasteiger partial charge on any atom is -0.386 e. The van der Waals surface area contributed by atoms with Crippen LogP contribution < -0.4 is 11.1 Å². The molecule has 7 nitrogen and oxygen atoms in total. The van der Waals surface area contributed by atoms with Crippen LogP contribution in [-0.2, 0) is 10.3 Å². The van der Waals surface area contributed by atoms with Crippen molar-refractivity contribution in [2.75, 3.05) is 18.5 Å². The highest BCUT2D eigenvalue weighted by Gasteiger charge is 2.31. The summed E-state index contributed by atoms with van der Waals surface area (Å²) in [6.07, 6.45) is 1.77. The number of aromatic nitrogens is 1. The first-order valence-corrected chi connectivity index (χ1v) is 8.31. The number of nitrogens with two attached hydrogens (primary N) is 1. The van der Waals surface area contributed by atoms with Gasteiger partial charge in [0.05, 0.1) is 11.1 Å². The Balaban J connectivity index is 1.87. The van der Waals surface area contributed by atoms with E-state index in [1.165, 1.54) is 30.5 Å². The van der Waals surface area contributed by atoms with Gasteiger partial charge in [-0.05, 0) is 43.7 Å². The van der Waals surface area contributed by atoms with Crippen LogP contribution in [0.15, 0.2) is 41.5 Å². The number of nitrogens with one attached hydrogen (secondary N) is 1. The number of nitriles is 1. The van der Waals surface area contributed by atoms with Crippen LogP contribution in [0.1, 0.15) is 35.0 Å². The molecular weight excluding hydrogens is 349 g/mol. The number of nitrogens with zero attached hydrogens (tertiary/aromatic N) is 3. The lowest BCUT2D eigenvalue weighted by Crippen LogP contribution is -2.26. The molecule has 0 fully saturated rings. The third-order valence-corrected chi connectivity index (χ3v) is 4.30. The quantitative estimate of drug-likeness (QED) is 0.864. The van der Waals surface area contributed by atoms with Crippen molar-refractivity contribution in [2.45, 2.75) is 18.9 Å². The highest BCUT2D eigenvalue weighted by molar-refractivity contribution is 6.02. The molecule has 0 spiro atoms. The van der Waals surface area contributed by atoms with Crippen molar-refractivity contribution in [1.29, 1.82) is 5.26 Å². The maximum atomic E-state index is 14.5. The molecule has 1 aliphatic rings. The number of carbonyl (C=O) groups is 1. The molecule has 2 heterocycles. The summed E-state index contributed by atoms with van der Waals surface area (Å²) in [6, 6.07) is 9.17. The van der Waals surface area contributed by atoms with E-state index in [0.717, 1.165) is 0 Å². The summed E-state index contributed by atoms with van der Waals surface area (Å²) < 4.78 is 19.9. The molecule has 3 rings (SSSR count). The van der Waals surface area contributed by atoms with Gasteiger partial charge in [0.1, 0.15) is 30.0 Å². The Morgan fingerprint density at radius 2 is 2.22 bits per heavy atom. The van der Waals surface area contributed by atoms with Crippen LogP contribution in [0.25, 0.3) is 0 Å². The van der Waals surface area contributed by atoms with E-state index in [4.69, 9.17) is 15.7 Å². The molecule has 1 aromatic heterocycles. The number of anilines is 1. The van der Waals surface area contributed by atoms with E-state index < -0.39 is 17.3 Å². The molecule has 0 radical (unpaired) electrons. The molecule has 0 aliphatic carbocycles. The summed E-state index contributed by atoms with van der Waals surface area (Å²) in [5.41, 5.74) is 6.16. The largest absolute Gasteiger partial charge is 0.386 e. The van der Waals surface area contributed by atoms with Gasteiger partial charge in [0.2, 0.25) is 0 Å². The molecule has 1 atom stereocenters. The van der Waals surface area contributed by atoms with Crippen LogP contribution in [0.3, 0.4) is 0 Å². The smallest absolute Gasteiger partial charge is 0.274 e. The molecular formula is C19H18FN5O2. The van der Waals surface area contributed by atoms with Crippen LogP contribution in [0.4, 0.5) is 10.1 Å². The summed E-state index contributed by atoms with van der Waals surface area (Å²) in [5, 5.41) is 11.5. The van der Waals surface area contributed by atoms with Crippen molar-refractivity contribution in [3.63, 3.8) is 0 Å². The van der Waals surface area contributed by atoms with Crippen molar-refractivity contribution in [3.8, 4) is 6.07 Å². The topological polar surface area (TPSA) is 113 Å². The van der Waals surface area contributed by atoms with E-state index in [1.54, 1.807) is 13.0 Å². The molecule has 2 aromatic rings. The number of aliphatic imine (C=N–C) groups is 1. The number of carbonyl (C=O) groups excluding carboxylic acids is 1. The summed E-state index contributed by atoms with van der Waals surface area (Å²) in [6.45, 7) is 2.38. The first kappa shape index (κ1) is 18.5. The average molecular weight is 367 g/mol. The highest BCUT2D eigenvalue weighted by atomic mass is 19.1. The van der Waals surface area contributed by atoms with Crippen LogP contribution in [-0.4, -0.2) is 29.9 Å². The van der Waals surface area contributed by atoms with E-state index >= 15 is 0 Å². The number of pyridine rings is 1. The summed E-state index contributed by atoms with van der Waals surface area (Å²) in [4.78, 5) is 20.7. The molecule has 8 heteroatoms. The van der Waals surface area contributed by atoms with Crippen molar-refractivity contribution < 1.29 is 13.9 Å². The van der Waals surface area contributed by atoms with Gasteiger partial charge in [0.15, 0.2) is 0 Å². The Labute approximate surface area is 155 Å². The highest BCUT2D eigenvalue weighted by Crippen LogP contribution is 2.34. The molecule has 0 saturated heterocycles. The Kier molecular flexibility index (Phi) is 5.14. The molecule has 1 amide bonds. The van der Waals surface area contributed by atoms with Crippen molar-refractivity contribution in [2.24, 2.45) is 10.7 Å². The van der Waals surface area contributed by atoms with Gasteiger partial charge >= 0.3 is 0 Å². The van der Waals surface area contributed by atoms with Gasteiger partial charge in [-0.1, -0.05) is 0 Å². The number of amides is 1. The number of rotatable bonds is 3. The Morgan fingerprint density at radius 3 is 2.93 bits per heavy atom. The van der Waals surface area contributed by atoms with Crippen LogP contribution in [0, 0.1) is 17.1 Å². The van der Waals surface area contributed by atoms with Crippen LogP contribution in [0.2, 0.25) is 0 Å². The Bertz CT molecular complexity index is 936. The maximum Gasteiger partial charge on any atom is 0.274 e. The fourth-order valence-electron chi connectivity index (χ4n) is 2.85. The molecule has 0 saturated carbocycles. The lowest BCUT2D eigenvalue weighted by molar-refractivity contribution is 0.102. The summed E-state index contributed by atoms with van der Waals surface area (Å²) >= 11 is 0. The molecule has 0 unspecified atom stereocenters. The van der Waals surface area contributed by atoms with Crippen molar-refractivity contribution in [3.05, 3.63) is 59.2 Å². The van der Waals surface area contributed by atoms with E-state index in [-0.39, 0.29) is 12.3 Å². The first-order chi connectivity index (χ1) is 12.9. The van der Waals surface area contributed by atoms with E-state index in [9.17, 15) is 9.18 Å². The van der Waals surface area contributed by atoms with Gasteiger partial charge in [0, 0.05) is 24.1 Å². The lowest BCUT2D eigenvalue weighted by atomic mass is 9.88. The van der Waals surface area contributed by atoms with Gasteiger partial charge in [-0.2, -0.15) is 5.26 Å². The zero-order valence-corrected chi connectivity index (χ0v) is 14.7. The second-order valence-electron chi connectivity index (χ2n) is 6.37. The predicted molar refractivity (Wildman–Crippen MR) is 97.7 cm³/mol. The Morgan fingerprint density at radius 1 is 1.41 bits per heavy atom. The molecule has 3 N–H and O–H groups in total. The van der Waals surface area contributed by atoms with Gasteiger partial charge < -0.3 is 15.8 Å². The standard InChI is InChI=1S/C19H18FN5O2/c1-19(6-7-27-11-17(22)25-19)14-8-13(3-4-15(14)20)24-18(26)16-5-2-12(9-21)10-23-16/h2-5,8,10H,6-7,11H2,1H3,(H2,22,25)(H,24,26)/t19-/m0/s1. The molecule has 27 heavy (non-hydrogen) atoms. The van der Waals surface area contributed by atoms with E-state index in [2.05, 4.69) is 15.3 Å². The molecule has 1 aromatic carbocycles. The van der Waals surface area contributed by atoms with Crippen molar-refractivity contribution >= 4 is 17.4 Å². The van der Waals surface area contributed by atoms with E-state index in [1.807, 2.05) is 6.07 Å². The minimum atomic E-state index is -0.891. The van der Waals surface area contributed by atoms with Crippen LogP contribution >= 0.6 is 0 Å². The van der Waals surface area contributed by atoms with Crippen molar-refractivity contribution in [1.82, 2.24) is 4.98 Å². The number of hydrogen-bond acceptors (Lipinski definition) is 6.